The van der Waals surface area contributed by atoms with Gasteiger partial charge in [-0.2, -0.15) is 0 Å². The van der Waals surface area contributed by atoms with Crippen LogP contribution < -0.4 is 10.2 Å². The normalized spacial score (nSPS) is 16.5. The zero-order valence-electron chi connectivity index (χ0n) is 15.5. The number of benzene rings is 2. The quantitative estimate of drug-likeness (QED) is 0.661. The van der Waals surface area contributed by atoms with Gasteiger partial charge in [0.15, 0.2) is 0 Å². The predicted octanol–water partition coefficient (Wildman–Crippen LogP) is 3.51. The fourth-order valence-electron chi connectivity index (χ4n) is 3.35. The Bertz CT molecular complexity index is 939. The molecule has 140 valence electrons. The molecular formula is C20H21N3O4. The summed E-state index contributed by atoms with van der Waals surface area (Å²) < 4.78 is 0. The van der Waals surface area contributed by atoms with Gasteiger partial charge in [-0.1, -0.05) is 23.8 Å². The molecule has 1 N–H and O–H groups in total. The molecule has 27 heavy (non-hydrogen) atoms. The molecule has 2 aromatic carbocycles. The van der Waals surface area contributed by atoms with Gasteiger partial charge < -0.3 is 10.2 Å². The summed E-state index contributed by atoms with van der Waals surface area (Å²) in [5, 5.41) is 13.8. The van der Waals surface area contributed by atoms with Gasteiger partial charge in [0.2, 0.25) is 11.8 Å². The second-order valence-corrected chi connectivity index (χ2v) is 6.94. The van der Waals surface area contributed by atoms with E-state index in [1.54, 1.807) is 24.0 Å². The van der Waals surface area contributed by atoms with E-state index < -0.39 is 10.8 Å². The number of hydrogen-bond donors (Lipinski definition) is 1. The van der Waals surface area contributed by atoms with Gasteiger partial charge in [-0.3, -0.25) is 19.7 Å². The Morgan fingerprint density at radius 2 is 1.89 bits per heavy atom. The van der Waals surface area contributed by atoms with E-state index >= 15 is 0 Å². The van der Waals surface area contributed by atoms with E-state index in [0.29, 0.717) is 17.8 Å². The fourth-order valence-corrected chi connectivity index (χ4v) is 3.35. The van der Waals surface area contributed by atoms with Crippen LogP contribution in [0.5, 0.6) is 0 Å². The largest absolute Gasteiger partial charge is 0.326 e. The number of nitrogens with one attached hydrogen (secondary N) is 1. The predicted molar refractivity (Wildman–Crippen MR) is 103 cm³/mol. The Labute approximate surface area is 157 Å². The first-order valence-corrected chi connectivity index (χ1v) is 8.70. The molecule has 0 saturated carbocycles. The number of nitrogens with zero attached hydrogens (tertiary/aromatic N) is 2. The Morgan fingerprint density at radius 3 is 2.56 bits per heavy atom. The van der Waals surface area contributed by atoms with E-state index in [9.17, 15) is 19.7 Å². The Balaban J connectivity index is 1.74. The first-order chi connectivity index (χ1) is 12.8. The number of carbonyl (C=O) groups is 2. The molecule has 1 aliphatic rings. The highest BCUT2D eigenvalue weighted by molar-refractivity contribution is 6.04. The van der Waals surface area contributed by atoms with Crippen LogP contribution in [0.3, 0.4) is 0 Å². The number of anilines is 2. The van der Waals surface area contributed by atoms with Crippen LogP contribution in [-0.4, -0.2) is 23.3 Å². The summed E-state index contributed by atoms with van der Waals surface area (Å²) in [6.45, 7) is 5.86. The number of aryl methyl sites for hydroxylation is 3. The van der Waals surface area contributed by atoms with E-state index in [1.807, 2.05) is 32.0 Å². The summed E-state index contributed by atoms with van der Waals surface area (Å²) in [4.78, 5) is 37.2. The summed E-state index contributed by atoms with van der Waals surface area (Å²) in [5.41, 5.74) is 3.74. The third-order valence-corrected chi connectivity index (χ3v) is 4.81. The van der Waals surface area contributed by atoms with Crippen molar-refractivity contribution in [2.24, 2.45) is 5.92 Å². The molecule has 2 amide bonds. The Kier molecular flexibility index (Phi) is 4.94. The Hall–Kier alpha value is -3.22. The first-order valence-electron chi connectivity index (χ1n) is 8.70. The lowest BCUT2D eigenvalue weighted by molar-refractivity contribution is -0.385. The van der Waals surface area contributed by atoms with Crippen LogP contribution in [0.4, 0.5) is 17.1 Å². The average Bonchev–Trinajstić information content (AvgIpc) is 2.98. The number of hydrogen-bond acceptors (Lipinski definition) is 4. The molecular weight excluding hydrogens is 346 g/mol. The van der Waals surface area contributed by atoms with Crippen molar-refractivity contribution in [1.29, 1.82) is 0 Å². The summed E-state index contributed by atoms with van der Waals surface area (Å²) in [6, 6.07) is 10.4. The Morgan fingerprint density at radius 1 is 1.15 bits per heavy atom. The molecule has 1 heterocycles. The highest BCUT2D eigenvalue weighted by Crippen LogP contribution is 2.29. The SMILES string of the molecule is Cc1ccc(N2C[C@@H](C(=O)Nc3ccc(C)c([N+](=O)[O-])c3)CC2=O)c(C)c1. The molecule has 0 aliphatic carbocycles. The van der Waals surface area contributed by atoms with E-state index in [0.717, 1.165) is 16.8 Å². The van der Waals surface area contributed by atoms with E-state index in [1.165, 1.54) is 6.07 Å². The van der Waals surface area contributed by atoms with Gasteiger partial charge in [0.05, 0.1) is 10.8 Å². The molecule has 7 nitrogen and oxygen atoms in total. The molecule has 0 aromatic heterocycles. The van der Waals surface area contributed by atoms with Crippen molar-refractivity contribution >= 4 is 28.9 Å². The molecule has 2 aromatic rings. The number of rotatable bonds is 4. The van der Waals surface area contributed by atoms with Crippen LogP contribution in [0.1, 0.15) is 23.1 Å². The molecule has 0 radical (unpaired) electrons. The van der Waals surface area contributed by atoms with Crippen LogP contribution in [0.25, 0.3) is 0 Å². The third kappa shape index (κ3) is 3.81. The highest BCUT2D eigenvalue weighted by Gasteiger charge is 2.35. The van der Waals surface area contributed by atoms with Crippen molar-refractivity contribution in [2.75, 3.05) is 16.8 Å². The number of carbonyl (C=O) groups excluding carboxylic acids is 2. The lowest BCUT2D eigenvalue weighted by Gasteiger charge is -2.19. The zero-order valence-corrected chi connectivity index (χ0v) is 15.5. The minimum Gasteiger partial charge on any atom is -0.326 e. The smallest absolute Gasteiger partial charge is 0.274 e. The minimum atomic E-state index is -0.501. The number of nitro benzene ring substituents is 1. The molecule has 7 heteroatoms. The molecule has 1 saturated heterocycles. The molecule has 1 atom stereocenters. The maximum atomic E-state index is 12.6. The summed E-state index contributed by atoms with van der Waals surface area (Å²) in [5.74, 6) is -0.913. The average molecular weight is 367 g/mol. The van der Waals surface area contributed by atoms with E-state index in [4.69, 9.17) is 0 Å². The van der Waals surface area contributed by atoms with E-state index in [-0.39, 0.29) is 23.9 Å². The van der Waals surface area contributed by atoms with Gasteiger partial charge in [-0.15, -0.1) is 0 Å². The zero-order chi connectivity index (χ0) is 19.7. The summed E-state index contributed by atoms with van der Waals surface area (Å²) in [7, 11) is 0. The molecule has 0 spiro atoms. The minimum absolute atomic E-state index is 0.0489. The lowest BCUT2D eigenvalue weighted by atomic mass is 10.1. The van der Waals surface area contributed by atoms with Crippen molar-refractivity contribution in [3.8, 4) is 0 Å². The van der Waals surface area contributed by atoms with Crippen LogP contribution in [-0.2, 0) is 9.59 Å². The van der Waals surface area contributed by atoms with Crippen molar-refractivity contribution in [1.82, 2.24) is 0 Å². The van der Waals surface area contributed by atoms with Gasteiger partial charge in [0, 0.05) is 36.0 Å². The molecule has 0 unspecified atom stereocenters. The number of amides is 2. The van der Waals surface area contributed by atoms with Crippen molar-refractivity contribution in [3.63, 3.8) is 0 Å². The maximum absolute atomic E-state index is 12.6. The van der Waals surface area contributed by atoms with Crippen molar-refractivity contribution in [2.45, 2.75) is 27.2 Å². The van der Waals surface area contributed by atoms with E-state index in [2.05, 4.69) is 5.32 Å². The molecule has 1 aliphatic heterocycles. The highest BCUT2D eigenvalue weighted by atomic mass is 16.6. The van der Waals surface area contributed by atoms with Crippen LogP contribution in [0.15, 0.2) is 36.4 Å². The molecule has 1 fully saturated rings. The second kappa shape index (κ2) is 7.19. The van der Waals surface area contributed by atoms with Gasteiger partial charge in [0.25, 0.3) is 5.69 Å². The van der Waals surface area contributed by atoms with Gasteiger partial charge >= 0.3 is 0 Å². The topological polar surface area (TPSA) is 92.6 Å². The lowest BCUT2D eigenvalue weighted by Crippen LogP contribution is -2.28. The fraction of sp³-hybridized carbons (Fsp3) is 0.300. The van der Waals surface area contributed by atoms with Crippen molar-refractivity contribution < 1.29 is 14.5 Å². The van der Waals surface area contributed by atoms with Crippen LogP contribution in [0, 0.1) is 36.8 Å². The molecule has 0 bridgehead atoms. The second-order valence-electron chi connectivity index (χ2n) is 6.94. The van der Waals surface area contributed by atoms with Gasteiger partial charge in [-0.25, -0.2) is 0 Å². The molecule has 3 rings (SSSR count). The maximum Gasteiger partial charge on any atom is 0.274 e. The first kappa shape index (κ1) is 18.6. The van der Waals surface area contributed by atoms with Gasteiger partial charge in [0.1, 0.15) is 0 Å². The summed E-state index contributed by atoms with van der Waals surface area (Å²) >= 11 is 0. The standard InChI is InChI=1S/C20H21N3O4/c1-12-4-7-17(14(3)8-12)22-11-15(9-19(22)24)20(25)21-16-6-5-13(2)18(10-16)23(26)27/h4-8,10,15H,9,11H2,1-3H3,(H,21,25)/t15-/m0/s1. The van der Waals surface area contributed by atoms with Crippen LogP contribution >= 0.6 is 0 Å². The summed E-state index contributed by atoms with van der Waals surface area (Å²) in [6.07, 6.45) is 0.118. The van der Waals surface area contributed by atoms with Crippen molar-refractivity contribution in [3.05, 3.63) is 63.2 Å². The van der Waals surface area contributed by atoms with Crippen LogP contribution in [0.2, 0.25) is 0 Å². The monoisotopic (exact) mass is 367 g/mol. The third-order valence-electron chi connectivity index (χ3n) is 4.81. The number of nitro groups is 1. The van der Waals surface area contributed by atoms with Gasteiger partial charge in [-0.05, 0) is 38.5 Å².